The van der Waals surface area contributed by atoms with Crippen molar-refractivity contribution >= 4 is 11.8 Å². The Morgan fingerprint density at radius 1 is 1.33 bits per heavy atom. The van der Waals surface area contributed by atoms with Gasteiger partial charge in [0.25, 0.3) is 0 Å². The largest absolute Gasteiger partial charge is 0.481 e. The Kier molecular flexibility index (Phi) is 8.68. The molecule has 0 aromatic rings. The van der Waals surface area contributed by atoms with Crippen molar-refractivity contribution in [2.75, 3.05) is 0 Å². The Hall–Kier alpha value is -1.16. The van der Waals surface area contributed by atoms with Crippen molar-refractivity contribution in [1.82, 2.24) is 0 Å². The highest BCUT2D eigenvalue weighted by Crippen LogP contribution is 2.36. The van der Waals surface area contributed by atoms with Crippen LogP contribution in [-0.4, -0.2) is 27.6 Å². The molecule has 0 spiro atoms. The number of carboxylic acids is 1. The van der Waals surface area contributed by atoms with Gasteiger partial charge in [0.15, 0.2) is 0 Å². The first-order valence-corrected chi connectivity index (χ1v) is 9.54. The molecule has 1 aliphatic rings. The van der Waals surface area contributed by atoms with Crippen molar-refractivity contribution in [2.45, 2.75) is 84.2 Å². The number of carboxylic acid groups (broad SMARTS) is 1. The summed E-state index contributed by atoms with van der Waals surface area (Å²) < 4.78 is 0. The van der Waals surface area contributed by atoms with Crippen LogP contribution in [0.2, 0.25) is 0 Å². The number of carbonyl (C=O) groups excluding carboxylic acids is 1. The van der Waals surface area contributed by atoms with Gasteiger partial charge in [-0.1, -0.05) is 58.6 Å². The van der Waals surface area contributed by atoms with Crippen molar-refractivity contribution in [1.29, 1.82) is 0 Å². The lowest BCUT2D eigenvalue weighted by Crippen LogP contribution is -2.36. The second kappa shape index (κ2) is 9.97. The maximum absolute atomic E-state index is 11.9. The lowest BCUT2D eigenvalue weighted by molar-refractivity contribution is -0.140. The molecule has 0 amide bonds. The molecule has 1 rings (SSSR count). The van der Waals surface area contributed by atoms with Crippen LogP contribution in [0.15, 0.2) is 12.2 Å². The van der Waals surface area contributed by atoms with Crippen LogP contribution in [0, 0.1) is 17.8 Å². The first kappa shape index (κ1) is 20.9. The molecule has 2 N–H and O–H groups in total. The van der Waals surface area contributed by atoms with Crippen molar-refractivity contribution in [3.05, 3.63) is 12.2 Å². The van der Waals surface area contributed by atoms with Gasteiger partial charge in [-0.25, -0.2) is 0 Å². The van der Waals surface area contributed by atoms with Crippen LogP contribution in [-0.2, 0) is 9.59 Å². The third kappa shape index (κ3) is 5.73. The van der Waals surface area contributed by atoms with Crippen LogP contribution >= 0.6 is 0 Å². The number of ketones is 1. The monoisotopic (exact) mass is 338 g/mol. The van der Waals surface area contributed by atoms with E-state index in [1.54, 1.807) is 0 Å². The molecule has 24 heavy (non-hydrogen) atoms. The molecule has 4 heteroatoms. The van der Waals surface area contributed by atoms with Crippen LogP contribution < -0.4 is 0 Å². The summed E-state index contributed by atoms with van der Waals surface area (Å²) in [4.78, 5) is 22.9. The predicted octanol–water partition coefficient (Wildman–Crippen LogP) is 4.36. The lowest BCUT2D eigenvalue weighted by atomic mass is 9.77. The molecule has 0 heterocycles. The van der Waals surface area contributed by atoms with Crippen molar-refractivity contribution in [3.63, 3.8) is 0 Å². The highest BCUT2D eigenvalue weighted by molar-refractivity contribution is 5.87. The van der Waals surface area contributed by atoms with Gasteiger partial charge in [0.2, 0.25) is 0 Å². The minimum Gasteiger partial charge on any atom is -0.481 e. The molecule has 0 saturated heterocycles. The minimum absolute atomic E-state index is 0.0455. The van der Waals surface area contributed by atoms with E-state index < -0.39 is 17.5 Å². The van der Waals surface area contributed by atoms with Crippen LogP contribution in [0.5, 0.6) is 0 Å². The SMILES string of the molecule is CCCCC(CC)C(O)(C=C[C@@H]1CCC(=O)[C@H]1CC(=O)O)CCC. The summed E-state index contributed by atoms with van der Waals surface area (Å²) in [5.74, 6) is -1.15. The van der Waals surface area contributed by atoms with Crippen LogP contribution in [0.3, 0.4) is 0 Å². The minimum atomic E-state index is -0.924. The fourth-order valence-corrected chi connectivity index (χ4v) is 3.99. The average molecular weight is 338 g/mol. The molecule has 0 bridgehead atoms. The Morgan fingerprint density at radius 3 is 2.58 bits per heavy atom. The quantitative estimate of drug-likeness (QED) is 0.549. The van der Waals surface area contributed by atoms with Gasteiger partial charge in [-0.2, -0.15) is 0 Å². The maximum atomic E-state index is 11.9. The highest BCUT2D eigenvalue weighted by atomic mass is 16.4. The molecule has 1 aliphatic carbocycles. The van der Waals surface area contributed by atoms with E-state index in [2.05, 4.69) is 20.8 Å². The van der Waals surface area contributed by atoms with E-state index in [1.807, 2.05) is 12.2 Å². The number of aliphatic hydroxyl groups is 1. The van der Waals surface area contributed by atoms with E-state index in [-0.39, 0.29) is 24.0 Å². The molecule has 1 saturated carbocycles. The summed E-state index contributed by atoms with van der Waals surface area (Å²) in [5, 5.41) is 20.2. The van der Waals surface area contributed by atoms with Gasteiger partial charge in [-0.15, -0.1) is 0 Å². The number of allylic oxidation sites excluding steroid dienone is 1. The zero-order valence-corrected chi connectivity index (χ0v) is 15.5. The summed E-state index contributed by atoms with van der Waals surface area (Å²) in [5.41, 5.74) is -0.849. The molecule has 2 unspecified atom stereocenters. The summed E-state index contributed by atoms with van der Waals surface area (Å²) in [7, 11) is 0. The van der Waals surface area contributed by atoms with Crippen LogP contribution in [0.1, 0.15) is 78.6 Å². The molecular formula is C20H34O4. The maximum Gasteiger partial charge on any atom is 0.304 e. The highest BCUT2D eigenvalue weighted by Gasteiger charge is 2.36. The zero-order chi connectivity index (χ0) is 18.2. The van der Waals surface area contributed by atoms with Crippen molar-refractivity contribution < 1.29 is 19.8 Å². The second-order valence-electron chi connectivity index (χ2n) is 7.22. The van der Waals surface area contributed by atoms with Crippen LogP contribution in [0.4, 0.5) is 0 Å². The van der Waals surface area contributed by atoms with E-state index >= 15 is 0 Å². The fraction of sp³-hybridized carbons (Fsp3) is 0.800. The number of unbranched alkanes of at least 4 members (excludes halogenated alkanes) is 1. The molecule has 4 atom stereocenters. The molecular weight excluding hydrogens is 304 g/mol. The molecule has 4 nitrogen and oxygen atoms in total. The Labute approximate surface area is 146 Å². The summed E-state index contributed by atoms with van der Waals surface area (Å²) in [6, 6.07) is 0. The molecule has 0 aliphatic heterocycles. The molecule has 1 fully saturated rings. The topological polar surface area (TPSA) is 74.6 Å². The third-order valence-corrected chi connectivity index (χ3v) is 5.44. The zero-order valence-electron chi connectivity index (χ0n) is 15.5. The standard InChI is InChI=1S/C20H34O4/c1-4-7-8-16(6-3)20(24,12-5-2)13-11-15-9-10-18(21)17(15)14-19(22)23/h11,13,15-17,24H,4-10,12,14H2,1-3H3,(H,22,23)/t15-,16?,17-,20?/m0/s1. The number of rotatable bonds is 11. The van der Waals surface area contributed by atoms with Gasteiger partial charge in [0.05, 0.1) is 12.0 Å². The Bertz CT molecular complexity index is 443. The first-order chi connectivity index (χ1) is 11.4. The number of hydrogen-bond acceptors (Lipinski definition) is 3. The van der Waals surface area contributed by atoms with E-state index in [0.29, 0.717) is 19.3 Å². The van der Waals surface area contributed by atoms with Gasteiger partial charge < -0.3 is 10.2 Å². The van der Waals surface area contributed by atoms with Crippen LogP contribution in [0.25, 0.3) is 0 Å². The van der Waals surface area contributed by atoms with E-state index in [4.69, 9.17) is 5.11 Å². The Balaban J connectivity index is 2.90. The molecule has 0 radical (unpaired) electrons. The molecule has 0 aromatic carbocycles. The average Bonchev–Trinajstić information content (AvgIpc) is 2.86. The third-order valence-electron chi connectivity index (χ3n) is 5.44. The van der Waals surface area contributed by atoms with Gasteiger partial charge in [-0.3, -0.25) is 9.59 Å². The number of Topliss-reactive ketones (excluding diaryl/α,β-unsaturated/α-hetero) is 1. The summed E-state index contributed by atoms with van der Waals surface area (Å²) in [6.45, 7) is 6.33. The van der Waals surface area contributed by atoms with Gasteiger partial charge >= 0.3 is 5.97 Å². The lowest BCUT2D eigenvalue weighted by Gasteiger charge is -2.34. The second-order valence-corrected chi connectivity index (χ2v) is 7.22. The summed E-state index contributed by atoms with van der Waals surface area (Å²) >= 11 is 0. The van der Waals surface area contributed by atoms with Crippen molar-refractivity contribution in [2.24, 2.45) is 17.8 Å². The van der Waals surface area contributed by atoms with E-state index in [0.717, 1.165) is 32.1 Å². The molecule has 0 aromatic heterocycles. The predicted molar refractivity (Wildman–Crippen MR) is 95.8 cm³/mol. The van der Waals surface area contributed by atoms with Gasteiger partial charge in [-0.05, 0) is 31.1 Å². The van der Waals surface area contributed by atoms with Crippen molar-refractivity contribution in [3.8, 4) is 0 Å². The first-order valence-electron chi connectivity index (χ1n) is 9.54. The summed E-state index contributed by atoms with van der Waals surface area (Å²) in [6.07, 6.45) is 10.6. The normalized spacial score (nSPS) is 25.1. The van der Waals surface area contributed by atoms with E-state index in [1.165, 1.54) is 0 Å². The van der Waals surface area contributed by atoms with Gasteiger partial charge in [0, 0.05) is 12.3 Å². The molecule has 138 valence electrons. The fourth-order valence-electron chi connectivity index (χ4n) is 3.99. The number of aliphatic carboxylic acids is 1. The smallest absolute Gasteiger partial charge is 0.304 e. The number of carbonyl (C=O) groups is 2. The Morgan fingerprint density at radius 2 is 2.04 bits per heavy atom. The van der Waals surface area contributed by atoms with Gasteiger partial charge in [0.1, 0.15) is 5.78 Å². The number of hydrogen-bond donors (Lipinski definition) is 2. The van der Waals surface area contributed by atoms with E-state index in [9.17, 15) is 14.7 Å².